The number of hydrogen-bond donors (Lipinski definition) is 1. The SMILES string of the molecule is CC1SCCC1(O)Cc1nc2ccccc2s1. The summed E-state index contributed by atoms with van der Waals surface area (Å²) in [6.45, 7) is 2.12. The van der Waals surface area contributed by atoms with E-state index >= 15 is 0 Å². The number of para-hydroxylation sites is 1. The number of thiazole rings is 1. The van der Waals surface area contributed by atoms with Crippen LogP contribution in [0.4, 0.5) is 0 Å². The van der Waals surface area contributed by atoms with Crippen LogP contribution in [-0.4, -0.2) is 26.7 Å². The highest BCUT2D eigenvalue weighted by Crippen LogP contribution is 2.39. The third-order valence-corrected chi connectivity index (χ3v) is 5.87. The van der Waals surface area contributed by atoms with Crippen LogP contribution < -0.4 is 0 Å². The van der Waals surface area contributed by atoms with E-state index in [1.807, 2.05) is 30.0 Å². The summed E-state index contributed by atoms with van der Waals surface area (Å²) >= 11 is 3.56. The molecule has 17 heavy (non-hydrogen) atoms. The van der Waals surface area contributed by atoms with Crippen molar-refractivity contribution in [1.29, 1.82) is 0 Å². The van der Waals surface area contributed by atoms with Gasteiger partial charge in [-0.1, -0.05) is 19.1 Å². The summed E-state index contributed by atoms with van der Waals surface area (Å²) in [4.78, 5) is 4.61. The van der Waals surface area contributed by atoms with Gasteiger partial charge in [0, 0.05) is 11.7 Å². The second-order valence-electron chi connectivity index (χ2n) is 4.62. The van der Waals surface area contributed by atoms with Gasteiger partial charge in [0.1, 0.15) is 0 Å². The molecule has 4 heteroatoms. The number of aliphatic hydroxyl groups is 1. The number of nitrogens with zero attached hydrogens (tertiary/aromatic N) is 1. The summed E-state index contributed by atoms with van der Waals surface area (Å²) in [6, 6.07) is 8.17. The highest BCUT2D eigenvalue weighted by Gasteiger charge is 2.39. The summed E-state index contributed by atoms with van der Waals surface area (Å²) < 4.78 is 1.21. The average molecular weight is 265 g/mol. The van der Waals surface area contributed by atoms with Crippen LogP contribution in [0.1, 0.15) is 18.4 Å². The summed E-state index contributed by atoms with van der Waals surface area (Å²) in [5, 5.41) is 12.0. The zero-order chi connectivity index (χ0) is 11.9. The van der Waals surface area contributed by atoms with Gasteiger partial charge in [-0.2, -0.15) is 11.8 Å². The van der Waals surface area contributed by atoms with E-state index in [9.17, 15) is 5.11 Å². The zero-order valence-corrected chi connectivity index (χ0v) is 11.4. The Morgan fingerprint density at radius 3 is 3.00 bits per heavy atom. The molecule has 0 radical (unpaired) electrons. The van der Waals surface area contributed by atoms with E-state index < -0.39 is 5.60 Å². The Balaban J connectivity index is 1.89. The molecule has 1 aliphatic heterocycles. The first kappa shape index (κ1) is 11.5. The van der Waals surface area contributed by atoms with Gasteiger partial charge in [0.15, 0.2) is 0 Å². The van der Waals surface area contributed by atoms with Crippen LogP contribution in [-0.2, 0) is 6.42 Å². The van der Waals surface area contributed by atoms with Gasteiger partial charge in [-0.25, -0.2) is 4.98 Å². The largest absolute Gasteiger partial charge is 0.388 e. The molecule has 1 fully saturated rings. The highest BCUT2D eigenvalue weighted by molar-refractivity contribution is 8.00. The minimum absolute atomic E-state index is 0.314. The minimum atomic E-state index is -0.557. The minimum Gasteiger partial charge on any atom is -0.388 e. The molecule has 90 valence electrons. The fourth-order valence-electron chi connectivity index (χ4n) is 2.26. The van der Waals surface area contributed by atoms with E-state index in [0.717, 1.165) is 22.7 Å². The molecule has 1 aromatic heterocycles. The molecule has 0 saturated carbocycles. The van der Waals surface area contributed by atoms with Gasteiger partial charge < -0.3 is 5.11 Å². The van der Waals surface area contributed by atoms with Gasteiger partial charge in [0.05, 0.1) is 20.8 Å². The van der Waals surface area contributed by atoms with Crippen molar-refractivity contribution in [1.82, 2.24) is 4.98 Å². The van der Waals surface area contributed by atoms with Crippen LogP contribution in [0.15, 0.2) is 24.3 Å². The van der Waals surface area contributed by atoms with Crippen molar-refractivity contribution < 1.29 is 5.11 Å². The van der Waals surface area contributed by atoms with Crippen molar-refractivity contribution in [2.24, 2.45) is 0 Å². The molecule has 0 bridgehead atoms. The van der Waals surface area contributed by atoms with Gasteiger partial charge in [-0.05, 0) is 24.3 Å². The van der Waals surface area contributed by atoms with Crippen LogP contribution in [0.5, 0.6) is 0 Å². The smallest absolute Gasteiger partial charge is 0.0967 e. The predicted octanol–water partition coefficient (Wildman–Crippen LogP) is 3.10. The first-order valence-electron chi connectivity index (χ1n) is 5.86. The molecule has 2 nitrogen and oxygen atoms in total. The summed E-state index contributed by atoms with van der Waals surface area (Å²) in [5.74, 6) is 1.06. The van der Waals surface area contributed by atoms with Crippen molar-refractivity contribution >= 4 is 33.3 Å². The maximum absolute atomic E-state index is 10.6. The summed E-state index contributed by atoms with van der Waals surface area (Å²) in [7, 11) is 0. The quantitative estimate of drug-likeness (QED) is 0.906. The lowest BCUT2D eigenvalue weighted by Gasteiger charge is -2.25. The fraction of sp³-hybridized carbons (Fsp3) is 0.462. The molecule has 2 unspecified atom stereocenters. The molecule has 2 heterocycles. The standard InChI is InChI=1S/C13H15NOS2/c1-9-13(15,6-7-16-9)8-12-14-10-4-2-3-5-11(10)17-12/h2-5,9,15H,6-8H2,1H3. The molecule has 1 N–H and O–H groups in total. The highest BCUT2D eigenvalue weighted by atomic mass is 32.2. The fourth-order valence-corrected chi connectivity index (χ4v) is 4.68. The molecule has 1 aliphatic rings. The normalized spacial score (nSPS) is 28.9. The third kappa shape index (κ3) is 2.09. The van der Waals surface area contributed by atoms with Gasteiger partial charge in [-0.3, -0.25) is 0 Å². The van der Waals surface area contributed by atoms with Crippen LogP contribution in [0.3, 0.4) is 0 Å². The zero-order valence-electron chi connectivity index (χ0n) is 9.72. The molecule has 1 aromatic carbocycles. The van der Waals surface area contributed by atoms with E-state index in [-0.39, 0.29) is 0 Å². The van der Waals surface area contributed by atoms with Crippen LogP contribution >= 0.6 is 23.1 Å². The first-order valence-corrected chi connectivity index (χ1v) is 7.72. The van der Waals surface area contributed by atoms with E-state index in [1.54, 1.807) is 11.3 Å². The number of benzene rings is 1. The van der Waals surface area contributed by atoms with Gasteiger partial charge >= 0.3 is 0 Å². The Morgan fingerprint density at radius 2 is 2.29 bits per heavy atom. The van der Waals surface area contributed by atoms with Crippen molar-refractivity contribution in [3.8, 4) is 0 Å². The van der Waals surface area contributed by atoms with Crippen LogP contribution in [0.25, 0.3) is 10.2 Å². The first-order chi connectivity index (χ1) is 8.17. The summed E-state index contributed by atoms with van der Waals surface area (Å²) in [5.41, 5.74) is 0.493. The van der Waals surface area contributed by atoms with Crippen molar-refractivity contribution in [3.63, 3.8) is 0 Å². The van der Waals surface area contributed by atoms with Gasteiger partial charge in [-0.15, -0.1) is 11.3 Å². The lowest BCUT2D eigenvalue weighted by atomic mass is 9.94. The topological polar surface area (TPSA) is 33.1 Å². The lowest BCUT2D eigenvalue weighted by Crippen LogP contribution is -2.36. The van der Waals surface area contributed by atoms with Crippen LogP contribution in [0.2, 0.25) is 0 Å². The maximum atomic E-state index is 10.6. The summed E-state index contributed by atoms with van der Waals surface area (Å²) in [6.07, 6.45) is 1.58. The van der Waals surface area contributed by atoms with Crippen molar-refractivity contribution in [3.05, 3.63) is 29.3 Å². The van der Waals surface area contributed by atoms with E-state index in [2.05, 4.69) is 18.0 Å². The number of hydrogen-bond acceptors (Lipinski definition) is 4. The van der Waals surface area contributed by atoms with E-state index in [0.29, 0.717) is 11.7 Å². The van der Waals surface area contributed by atoms with Gasteiger partial charge in [0.25, 0.3) is 0 Å². The molecule has 3 rings (SSSR count). The Labute approximate surface area is 109 Å². The monoisotopic (exact) mass is 265 g/mol. The number of aromatic nitrogens is 1. The second-order valence-corrected chi connectivity index (χ2v) is 7.18. The molecule has 0 aliphatic carbocycles. The predicted molar refractivity (Wildman–Crippen MR) is 74.8 cm³/mol. The molecule has 1 saturated heterocycles. The Hall–Kier alpha value is -0.580. The van der Waals surface area contributed by atoms with Crippen molar-refractivity contribution in [2.45, 2.75) is 30.6 Å². The molecule has 2 atom stereocenters. The Kier molecular flexibility index (Phi) is 2.89. The van der Waals surface area contributed by atoms with Gasteiger partial charge in [0.2, 0.25) is 0 Å². The molecular formula is C13H15NOS2. The Bertz CT molecular complexity index is 506. The maximum Gasteiger partial charge on any atom is 0.0967 e. The van der Waals surface area contributed by atoms with E-state index in [4.69, 9.17) is 0 Å². The second kappa shape index (κ2) is 4.26. The van der Waals surface area contributed by atoms with E-state index in [1.165, 1.54) is 4.70 Å². The Morgan fingerprint density at radius 1 is 1.47 bits per heavy atom. The van der Waals surface area contributed by atoms with Crippen molar-refractivity contribution in [2.75, 3.05) is 5.75 Å². The number of rotatable bonds is 2. The van der Waals surface area contributed by atoms with Crippen LogP contribution in [0, 0.1) is 0 Å². The molecule has 0 spiro atoms. The average Bonchev–Trinajstić information content (AvgIpc) is 2.83. The number of thioether (sulfide) groups is 1. The molecular weight excluding hydrogens is 250 g/mol. The molecule has 0 amide bonds. The lowest BCUT2D eigenvalue weighted by molar-refractivity contribution is 0.0464. The number of fused-ring (bicyclic) bond motifs is 1. The molecule has 2 aromatic rings. The third-order valence-electron chi connectivity index (χ3n) is 3.46.